The number of benzene rings is 1. The smallest absolute Gasteiger partial charge is 0.328 e. The van der Waals surface area contributed by atoms with Gasteiger partial charge >= 0.3 is 5.97 Å². The van der Waals surface area contributed by atoms with Crippen LogP contribution in [0.4, 0.5) is 0 Å². The van der Waals surface area contributed by atoms with Gasteiger partial charge < -0.3 is 15.4 Å². The second-order valence-electron chi connectivity index (χ2n) is 4.98. The number of rotatable bonds is 3. The molecular formula is C14H14N2O4. The highest BCUT2D eigenvalue weighted by molar-refractivity contribution is 6.07. The van der Waals surface area contributed by atoms with Crippen molar-refractivity contribution in [2.75, 3.05) is 0 Å². The molecule has 0 aliphatic rings. The first kappa shape index (κ1) is 13.8. The lowest BCUT2D eigenvalue weighted by Crippen LogP contribution is -2.49. The number of H-pyrrole nitrogens is 1. The molecule has 6 nitrogen and oxygen atoms in total. The highest BCUT2D eigenvalue weighted by Gasteiger charge is 2.29. The number of amides is 1. The largest absolute Gasteiger partial charge is 0.480 e. The molecule has 0 aliphatic carbocycles. The van der Waals surface area contributed by atoms with Crippen LogP contribution in [-0.2, 0) is 4.79 Å². The fourth-order valence-corrected chi connectivity index (χ4v) is 1.80. The average Bonchev–Trinajstić information content (AvgIpc) is 2.36. The lowest BCUT2D eigenvalue weighted by Gasteiger charge is -2.21. The van der Waals surface area contributed by atoms with Crippen LogP contribution in [0.5, 0.6) is 0 Å². The Labute approximate surface area is 114 Å². The van der Waals surface area contributed by atoms with Gasteiger partial charge in [0.2, 0.25) is 5.56 Å². The van der Waals surface area contributed by atoms with E-state index in [9.17, 15) is 14.4 Å². The molecule has 1 amide bonds. The Morgan fingerprint density at radius 3 is 2.55 bits per heavy atom. The van der Waals surface area contributed by atoms with Crippen LogP contribution in [0.1, 0.15) is 24.2 Å². The Morgan fingerprint density at radius 2 is 1.90 bits per heavy atom. The third kappa shape index (κ3) is 2.54. The minimum atomic E-state index is -1.42. The number of fused-ring (bicyclic) bond motifs is 1. The van der Waals surface area contributed by atoms with Gasteiger partial charge in [-0.3, -0.25) is 9.59 Å². The zero-order valence-corrected chi connectivity index (χ0v) is 11.1. The normalized spacial score (nSPS) is 11.3. The molecule has 0 spiro atoms. The standard InChI is InChI=1S/C14H14N2O4/c1-14(2,13(19)20)16-12(18)9-7-11(17)15-10-6-4-3-5-8(9)10/h3-7H,1-2H3,(H,15,17)(H,16,18)(H,19,20). The summed E-state index contributed by atoms with van der Waals surface area (Å²) in [4.78, 5) is 37.4. The number of hydrogen-bond acceptors (Lipinski definition) is 3. The number of nitrogens with one attached hydrogen (secondary N) is 2. The van der Waals surface area contributed by atoms with E-state index in [1.54, 1.807) is 24.3 Å². The van der Waals surface area contributed by atoms with E-state index in [0.717, 1.165) is 6.07 Å². The molecule has 3 N–H and O–H groups in total. The molecule has 0 radical (unpaired) electrons. The molecule has 2 aromatic rings. The predicted octanol–water partition coefficient (Wildman–Crippen LogP) is 1.12. The van der Waals surface area contributed by atoms with E-state index in [0.29, 0.717) is 10.9 Å². The summed E-state index contributed by atoms with van der Waals surface area (Å²) in [5, 5.41) is 12.0. The maximum absolute atomic E-state index is 12.2. The van der Waals surface area contributed by atoms with Gasteiger partial charge in [-0.25, -0.2) is 4.79 Å². The van der Waals surface area contributed by atoms with E-state index >= 15 is 0 Å². The molecule has 104 valence electrons. The van der Waals surface area contributed by atoms with Crippen LogP contribution in [0.2, 0.25) is 0 Å². The third-order valence-electron chi connectivity index (χ3n) is 2.96. The van der Waals surface area contributed by atoms with Crippen molar-refractivity contribution >= 4 is 22.8 Å². The molecule has 20 heavy (non-hydrogen) atoms. The Balaban J connectivity index is 2.50. The van der Waals surface area contributed by atoms with Gasteiger partial charge in [0, 0.05) is 17.0 Å². The number of carboxylic acids is 1. The summed E-state index contributed by atoms with van der Waals surface area (Å²) in [5.41, 5.74) is -1.15. The van der Waals surface area contributed by atoms with Crippen LogP contribution in [0, 0.1) is 0 Å². The molecule has 0 bridgehead atoms. The van der Waals surface area contributed by atoms with Crippen molar-refractivity contribution in [1.82, 2.24) is 10.3 Å². The summed E-state index contributed by atoms with van der Waals surface area (Å²) in [6.07, 6.45) is 0. The molecule has 1 aromatic heterocycles. The van der Waals surface area contributed by atoms with Gasteiger partial charge in [0.1, 0.15) is 5.54 Å². The number of carbonyl (C=O) groups excluding carboxylic acids is 1. The van der Waals surface area contributed by atoms with Crippen molar-refractivity contribution in [3.05, 3.63) is 46.2 Å². The van der Waals surface area contributed by atoms with Gasteiger partial charge in [-0.2, -0.15) is 0 Å². The minimum absolute atomic E-state index is 0.152. The molecule has 2 rings (SSSR count). The van der Waals surface area contributed by atoms with Crippen molar-refractivity contribution in [2.45, 2.75) is 19.4 Å². The van der Waals surface area contributed by atoms with Crippen molar-refractivity contribution < 1.29 is 14.7 Å². The van der Waals surface area contributed by atoms with Gasteiger partial charge in [-0.15, -0.1) is 0 Å². The number of carboxylic acid groups (broad SMARTS) is 1. The van der Waals surface area contributed by atoms with E-state index in [2.05, 4.69) is 10.3 Å². The van der Waals surface area contributed by atoms with Gasteiger partial charge in [0.25, 0.3) is 5.91 Å². The Bertz CT molecular complexity index is 746. The van der Waals surface area contributed by atoms with Crippen LogP contribution in [0.25, 0.3) is 10.9 Å². The first-order chi connectivity index (χ1) is 9.31. The summed E-state index contributed by atoms with van der Waals surface area (Å²) < 4.78 is 0. The van der Waals surface area contributed by atoms with Gasteiger partial charge in [-0.1, -0.05) is 18.2 Å². The molecule has 6 heteroatoms. The average molecular weight is 274 g/mol. The number of aliphatic carboxylic acids is 1. The first-order valence-electron chi connectivity index (χ1n) is 5.99. The summed E-state index contributed by atoms with van der Waals surface area (Å²) >= 11 is 0. The second kappa shape index (κ2) is 4.80. The van der Waals surface area contributed by atoms with Crippen molar-refractivity contribution in [3.63, 3.8) is 0 Å². The van der Waals surface area contributed by atoms with E-state index in [4.69, 9.17) is 5.11 Å². The molecule has 1 aromatic carbocycles. The molecule has 0 fully saturated rings. The summed E-state index contributed by atoms with van der Waals surface area (Å²) in [5.74, 6) is -1.75. The fourth-order valence-electron chi connectivity index (χ4n) is 1.80. The molecule has 0 aliphatic heterocycles. The molecule has 1 heterocycles. The van der Waals surface area contributed by atoms with Crippen molar-refractivity contribution in [3.8, 4) is 0 Å². The SMILES string of the molecule is CC(C)(NC(=O)c1cc(=O)[nH]c2ccccc12)C(=O)O. The van der Waals surface area contributed by atoms with Crippen molar-refractivity contribution in [2.24, 2.45) is 0 Å². The summed E-state index contributed by atoms with van der Waals surface area (Å²) in [6, 6.07) is 8.00. The Hall–Kier alpha value is -2.63. The molecule has 0 atom stereocenters. The van der Waals surface area contributed by atoms with Gasteiger partial charge in [0.05, 0.1) is 5.56 Å². The number of aromatic nitrogens is 1. The lowest BCUT2D eigenvalue weighted by molar-refractivity contribution is -0.143. The van der Waals surface area contributed by atoms with E-state index < -0.39 is 23.0 Å². The number of para-hydroxylation sites is 1. The van der Waals surface area contributed by atoms with Crippen LogP contribution in [0.3, 0.4) is 0 Å². The number of aromatic amines is 1. The number of hydrogen-bond donors (Lipinski definition) is 3. The molecule has 0 saturated heterocycles. The topological polar surface area (TPSA) is 99.3 Å². The third-order valence-corrected chi connectivity index (χ3v) is 2.96. The maximum Gasteiger partial charge on any atom is 0.328 e. The fraction of sp³-hybridized carbons (Fsp3) is 0.214. The van der Waals surface area contributed by atoms with Gasteiger partial charge in [0.15, 0.2) is 0 Å². The summed E-state index contributed by atoms with van der Waals surface area (Å²) in [7, 11) is 0. The Morgan fingerprint density at radius 1 is 1.25 bits per heavy atom. The maximum atomic E-state index is 12.2. The Kier molecular flexibility index (Phi) is 3.31. The summed E-state index contributed by atoms with van der Waals surface area (Å²) in [6.45, 7) is 2.76. The van der Waals surface area contributed by atoms with Crippen LogP contribution >= 0.6 is 0 Å². The van der Waals surface area contributed by atoms with E-state index in [-0.39, 0.29) is 5.56 Å². The molecular weight excluding hydrogens is 260 g/mol. The first-order valence-corrected chi connectivity index (χ1v) is 5.99. The highest BCUT2D eigenvalue weighted by Crippen LogP contribution is 2.15. The second-order valence-corrected chi connectivity index (χ2v) is 4.98. The van der Waals surface area contributed by atoms with E-state index in [1.165, 1.54) is 13.8 Å². The van der Waals surface area contributed by atoms with Crippen LogP contribution < -0.4 is 10.9 Å². The number of pyridine rings is 1. The molecule has 0 unspecified atom stereocenters. The van der Waals surface area contributed by atoms with Gasteiger partial charge in [-0.05, 0) is 19.9 Å². The monoisotopic (exact) mass is 274 g/mol. The molecule has 0 saturated carbocycles. The quantitative estimate of drug-likeness (QED) is 0.781. The predicted molar refractivity (Wildman–Crippen MR) is 73.7 cm³/mol. The van der Waals surface area contributed by atoms with Crippen molar-refractivity contribution in [1.29, 1.82) is 0 Å². The zero-order valence-electron chi connectivity index (χ0n) is 11.1. The lowest BCUT2D eigenvalue weighted by atomic mass is 10.0. The van der Waals surface area contributed by atoms with Crippen LogP contribution in [0.15, 0.2) is 35.1 Å². The van der Waals surface area contributed by atoms with Crippen LogP contribution in [-0.4, -0.2) is 27.5 Å². The minimum Gasteiger partial charge on any atom is -0.480 e. The zero-order chi connectivity index (χ0) is 14.9. The highest BCUT2D eigenvalue weighted by atomic mass is 16.4. The number of carbonyl (C=O) groups is 2. The van der Waals surface area contributed by atoms with E-state index in [1.807, 2.05) is 0 Å².